The Morgan fingerprint density at radius 1 is 1.07 bits per heavy atom. The summed E-state index contributed by atoms with van der Waals surface area (Å²) in [7, 11) is 0. The average Bonchev–Trinajstić information content (AvgIpc) is 3.36. The maximum atomic E-state index is 13.2. The normalized spacial score (nSPS) is 19.6. The number of hydrogen-bond acceptors (Lipinski definition) is 4. The Balaban J connectivity index is 1.47. The first-order chi connectivity index (χ1) is 13.9. The number of benzene rings is 2. The van der Waals surface area contributed by atoms with Gasteiger partial charge in [-0.25, -0.2) is 8.78 Å². The van der Waals surface area contributed by atoms with Gasteiger partial charge in [0.15, 0.2) is 0 Å². The van der Waals surface area contributed by atoms with Crippen LogP contribution in [0.4, 0.5) is 14.5 Å². The van der Waals surface area contributed by atoms with Crippen molar-refractivity contribution in [2.24, 2.45) is 10.8 Å². The zero-order chi connectivity index (χ0) is 20.6. The third-order valence-electron chi connectivity index (χ3n) is 5.49. The number of primary amides is 1. The molecule has 1 fully saturated rings. The first-order valence-electron chi connectivity index (χ1n) is 9.34. The van der Waals surface area contributed by atoms with Crippen LogP contribution in [0.3, 0.4) is 0 Å². The van der Waals surface area contributed by atoms with E-state index in [0.29, 0.717) is 12.2 Å². The van der Waals surface area contributed by atoms with Gasteiger partial charge in [-0.05, 0) is 54.8 Å². The average molecular weight is 398 g/mol. The summed E-state index contributed by atoms with van der Waals surface area (Å²) in [6.07, 6.45) is 1.87. The number of carbonyl (C=O) groups excluding carboxylic acids is 2. The molecule has 1 atom stereocenters. The number of halogens is 2. The lowest BCUT2D eigenvalue weighted by Crippen LogP contribution is -2.40. The summed E-state index contributed by atoms with van der Waals surface area (Å²) in [5, 5.41) is 8.49. The van der Waals surface area contributed by atoms with Gasteiger partial charge in [-0.1, -0.05) is 12.1 Å². The van der Waals surface area contributed by atoms with Gasteiger partial charge in [0, 0.05) is 18.4 Å². The summed E-state index contributed by atoms with van der Waals surface area (Å²) >= 11 is 0. The van der Waals surface area contributed by atoms with E-state index in [-0.39, 0.29) is 29.3 Å². The first kappa shape index (κ1) is 19.0. The van der Waals surface area contributed by atoms with Gasteiger partial charge in [0.2, 0.25) is 5.91 Å². The lowest BCUT2D eigenvalue weighted by atomic mass is 9.96. The molecular weight excluding hydrogens is 378 g/mol. The lowest BCUT2D eigenvalue weighted by Gasteiger charge is -2.20. The van der Waals surface area contributed by atoms with Gasteiger partial charge in [0.1, 0.15) is 23.4 Å². The van der Waals surface area contributed by atoms with Crippen LogP contribution in [0.5, 0.6) is 0 Å². The fraction of sp³-hybridized carbons (Fsp3) is 0.286. The molecular formula is C21H20F2N4O2. The Morgan fingerprint density at radius 2 is 1.66 bits per heavy atom. The summed E-state index contributed by atoms with van der Waals surface area (Å²) < 4.78 is 26.3. The van der Waals surface area contributed by atoms with Crippen molar-refractivity contribution >= 4 is 23.2 Å². The van der Waals surface area contributed by atoms with Crippen molar-refractivity contribution in [1.29, 1.82) is 0 Å². The van der Waals surface area contributed by atoms with Gasteiger partial charge in [0.25, 0.3) is 5.91 Å². The van der Waals surface area contributed by atoms with E-state index in [1.54, 1.807) is 12.1 Å². The molecule has 1 saturated carbocycles. The van der Waals surface area contributed by atoms with E-state index in [0.717, 1.165) is 18.4 Å². The molecule has 1 heterocycles. The molecule has 6 nitrogen and oxygen atoms in total. The molecule has 1 aliphatic carbocycles. The molecule has 0 saturated heterocycles. The quantitative estimate of drug-likeness (QED) is 0.782. The van der Waals surface area contributed by atoms with Crippen LogP contribution in [0.1, 0.15) is 24.8 Å². The predicted molar refractivity (Wildman–Crippen MR) is 104 cm³/mol. The molecule has 0 radical (unpaired) electrons. The highest BCUT2D eigenvalue weighted by Crippen LogP contribution is 2.47. The van der Waals surface area contributed by atoms with E-state index in [4.69, 9.17) is 5.73 Å². The summed E-state index contributed by atoms with van der Waals surface area (Å²) in [5.41, 5.74) is 6.92. The minimum atomic E-state index is -0.812. The number of nitrogens with one attached hydrogen (secondary N) is 1. The van der Waals surface area contributed by atoms with Gasteiger partial charge in [-0.3, -0.25) is 14.6 Å². The van der Waals surface area contributed by atoms with Crippen molar-refractivity contribution < 1.29 is 18.4 Å². The van der Waals surface area contributed by atoms with Gasteiger partial charge in [-0.15, -0.1) is 0 Å². The highest BCUT2D eigenvalue weighted by atomic mass is 19.1. The molecule has 2 amide bonds. The molecule has 2 aromatic carbocycles. The zero-order valence-corrected chi connectivity index (χ0v) is 15.6. The zero-order valence-electron chi connectivity index (χ0n) is 15.6. The Labute approximate surface area is 166 Å². The van der Waals surface area contributed by atoms with Crippen molar-refractivity contribution in [1.82, 2.24) is 5.32 Å². The van der Waals surface area contributed by atoms with Crippen LogP contribution in [0.15, 0.2) is 53.6 Å². The standard InChI is InChI=1S/C21H20F2N4O2/c22-14-3-1-13(2-4-14)21(9-10-21)12-25-20(29)17-11-18(19(24)28)27(26-17)16-7-5-15(23)6-8-16/h1-8,18H,9-12H2,(H2,24,28)(H,25,29). The Kier molecular flexibility index (Phi) is 4.77. The molecule has 0 bridgehead atoms. The van der Waals surface area contributed by atoms with E-state index < -0.39 is 17.8 Å². The van der Waals surface area contributed by atoms with E-state index in [9.17, 15) is 18.4 Å². The van der Waals surface area contributed by atoms with Crippen LogP contribution in [0, 0.1) is 11.6 Å². The number of nitrogens with zero attached hydrogens (tertiary/aromatic N) is 2. The SMILES string of the molecule is NC(=O)C1CC(C(=O)NCC2(c3ccc(F)cc3)CC2)=NN1c1ccc(F)cc1. The van der Waals surface area contributed by atoms with Crippen molar-refractivity contribution in [2.75, 3.05) is 11.6 Å². The van der Waals surface area contributed by atoms with Crippen LogP contribution in [0.2, 0.25) is 0 Å². The summed E-state index contributed by atoms with van der Waals surface area (Å²) in [6, 6.07) is 10.9. The van der Waals surface area contributed by atoms with E-state index in [2.05, 4.69) is 10.4 Å². The third kappa shape index (κ3) is 3.83. The second-order valence-electron chi connectivity index (χ2n) is 7.46. The maximum absolute atomic E-state index is 13.2. The molecule has 1 aliphatic heterocycles. The minimum Gasteiger partial charge on any atom is -0.368 e. The fourth-order valence-electron chi connectivity index (χ4n) is 3.57. The molecule has 2 aromatic rings. The van der Waals surface area contributed by atoms with E-state index >= 15 is 0 Å². The summed E-state index contributed by atoms with van der Waals surface area (Å²) in [6.45, 7) is 0.397. The molecule has 0 aromatic heterocycles. The van der Waals surface area contributed by atoms with Crippen molar-refractivity contribution in [3.05, 3.63) is 65.7 Å². The Hall–Kier alpha value is -3.29. The Bertz CT molecular complexity index is 969. The number of hydrazone groups is 1. The number of nitrogens with two attached hydrogens (primary N) is 1. The predicted octanol–water partition coefficient (Wildman–Crippen LogP) is 2.23. The molecule has 0 spiro atoms. The first-order valence-corrected chi connectivity index (χ1v) is 9.34. The lowest BCUT2D eigenvalue weighted by molar-refractivity contribution is -0.119. The number of carbonyl (C=O) groups is 2. The maximum Gasteiger partial charge on any atom is 0.267 e. The van der Waals surface area contributed by atoms with Gasteiger partial charge in [-0.2, -0.15) is 5.10 Å². The van der Waals surface area contributed by atoms with E-state index in [1.807, 2.05) is 0 Å². The molecule has 4 rings (SSSR count). The third-order valence-corrected chi connectivity index (χ3v) is 5.49. The minimum absolute atomic E-state index is 0.0715. The van der Waals surface area contributed by atoms with Gasteiger partial charge < -0.3 is 11.1 Å². The van der Waals surface area contributed by atoms with Crippen molar-refractivity contribution in [2.45, 2.75) is 30.7 Å². The second kappa shape index (κ2) is 7.27. The van der Waals surface area contributed by atoms with Crippen molar-refractivity contribution in [3.63, 3.8) is 0 Å². The molecule has 3 N–H and O–H groups in total. The topological polar surface area (TPSA) is 87.8 Å². The molecule has 29 heavy (non-hydrogen) atoms. The fourth-order valence-corrected chi connectivity index (χ4v) is 3.57. The second-order valence-corrected chi connectivity index (χ2v) is 7.46. The van der Waals surface area contributed by atoms with Gasteiger partial charge >= 0.3 is 0 Å². The molecule has 150 valence electrons. The van der Waals surface area contributed by atoms with Crippen LogP contribution in [0.25, 0.3) is 0 Å². The smallest absolute Gasteiger partial charge is 0.267 e. The van der Waals surface area contributed by atoms with Crippen LogP contribution < -0.4 is 16.1 Å². The molecule has 2 aliphatic rings. The Morgan fingerprint density at radius 3 is 2.21 bits per heavy atom. The summed E-state index contributed by atoms with van der Waals surface area (Å²) in [5.74, 6) is -1.71. The molecule has 1 unspecified atom stereocenters. The van der Waals surface area contributed by atoms with Gasteiger partial charge in [0.05, 0.1) is 5.69 Å². The van der Waals surface area contributed by atoms with Crippen LogP contribution in [-0.4, -0.2) is 30.1 Å². The van der Waals surface area contributed by atoms with Crippen molar-refractivity contribution in [3.8, 4) is 0 Å². The summed E-state index contributed by atoms with van der Waals surface area (Å²) in [4.78, 5) is 24.5. The van der Waals surface area contributed by atoms with E-state index in [1.165, 1.54) is 41.4 Å². The van der Waals surface area contributed by atoms with Crippen LogP contribution >= 0.6 is 0 Å². The number of hydrogen-bond donors (Lipinski definition) is 2. The largest absolute Gasteiger partial charge is 0.368 e. The number of amides is 2. The van der Waals surface area contributed by atoms with Crippen LogP contribution in [-0.2, 0) is 15.0 Å². The molecule has 8 heteroatoms. The highest BCUT2D eigenvalue weighted by Gasteiger charge is 2.45. The monoisotopic (exact) mass is 398 g/mol. The number of rotatable bonds is 6. The highest BCUT2D eigenvalue weighted by molar-refractivity contribution is 6.40. The number of anilines is 1.